The standard InChI is InChI=1S/C29H35Cl2N5O2S2/c1-5-29(3,4)18-9-11-20-21(16-32)27(40-24(20)14-18)33-26(37)17-39-28-35-34-25(36(28)6-2)8-7-13-38-23-12-10-19(30)15-22(23)31/h10,12,15,18H,5-9,11,13-14,17H2,1-4H3,(H,33,37). The lowest BCUT2D eigenvalue weighted by Gasteiger charge is -2.36. The van der Waals surface area contributed by atoms with Gasteiger partial charge in [-0.25, -0.2) is 0 Å². The van der Waals surface area contributed by atoms with Gasteiger partial charge in [0.15, 0.2) is 5.16 Å². The van der Waals surface area contributed by atoms with E-state index in [1.54, 1.807) is 29.5 Å². The van der Waals surface area contributed by atoms with E-state index in [0.29, 0.717) is 57.0 Å². The Labute approximate surface area is 254 Å². The number of anilines is 1. The van der Waals surface area contributed by atoms with E-state index in [1.807, 2.05) is 11.5 Å². The minimum absolute atomic E-state index is 0.147. The molecule has 1 N–H and O–H groups in total. The van der Waals surface area contributed by atoms with Crippen molar-refractivity contribution in [3.8, 4) is 11.8 Å². The quantitative estimate of drug-likeness (QED) is 0.164. The van der Waals surface area contributed by atoms with Crippen molar-refractivity contribution in [2.75, 3.05) is 17.7 Å². The van der Waals surface area contributed by atoms with E-state index in [2.05, 4.69) is 42.4 Å². The van der Waals surface area contributed by atoms with Gasteiger partial charge in [0.25, 0.3) is 0 Å². The minimum atomic E-state index is -0.147. The number of aromatic nitrogens is 3. The summed E-state index contributed by atoms with van der Waals surface area (Å²) in [6, 6.07) is 7.51. The number of nitrogens with one attached hydrogen (secondary N) is 1. The Hall–Kier alpha value is -2.25. The van der Waals surface area contributed by atoms with Crippen LogP contribution in [0.1, 0.15) is 68.8 Å². The molecule has 0 fully saturated rings. The number of amides is 1. The largest absolute Gasteiger partial charge is 0.492 e. The summed E-state index contributed by atoms with van der Waals surface area (Å²) in [6.07, 6.45) is 5.49. The van der Waals surface area contributed by atoms with Crippen LogP contribution in [0, 0.1) is 22.7 Å². The average Bonchev–Trinajstić information content (AvgIpc) is 3.49. The van der Waals surface area contributed by atoms with Crippen molar-refractivity contribution >= 4 is 57.2 Å². The molecule has 0 saturated carbocycles. The highest BCUT2D eigenvalue weighted by atomic mass is 35.5. The number of aryl methyl sites for hydroxylation is 1. The second-order valence-corrected chi connectivity index (χ2v) is 13.5. The number of thiophene rings is 1. The fraction of sp³-hybridized carbons (Fsp3) is 0.517. The topological polar surface area (TPSA) is 92.8 Å². The van der Waals surface area contributed by atoms with Crippen LogP contribution in [0.4, 0.5) is 5.00 Å². The number of rotatable bonds is 12. The molecule has 2 aromatic heterocycles. The van der Waals surface area contributed by atoms with Crippen molar-refractivity contribution in [1.29, 1.82) is 5.26 Å². The SMILES string of the molecule is CCn1c(CCCOc2ccc(Cl)cc2Cl)nnc1SCC(=O)Nc1sc2c(c1C#N)CCC(C(C)(C)CC)C2. The van der Waals surface area contributed by atoms with Gasteiger partial charge >= 0.3 is 0 Å². The molecular formula is C29H35Cl2N5O2S2. The lowest BCUT2D eigenvalue weighted by atomic mass is 9.69. The summed E-state index contributed by atoms with van der Waals surface area (Å²) < 4.78 is 7.80. The molecule has 1 aliphatic carbocycles. The van der Waals surface area contributed by atoms with Crippen LogP contribution < -0.4 is 10.1 Å². The van der Waals surface area contributed by atoms with E-state index < -0.39 is 0 Å². The molecule has 0 bridgehead atoms. The van der Waals surface area contributed by atoms with Crippen LogP contribution >= 0.6 is 46.3 Å². The molecule has 1 unspecified atom stereocenters. The monoisotopic (exact) mass is 619 g/mol. The Kier molecular flexibility index (Phi) is 10.4. The summed E-state index contributed by atoms with van der Waals surface area (Å²) in [7, 11) is 0. The number of benzene rings is 1. The Morgan fingerprint density at radius 3 is 2.83 bits per heavy atom. The molecule has 1 aromatic carbocycles. The molecule has 1 atom stereocenters. The maximum absolute atomic E-state index is 12.9. The Bertz CT molecular complexity index is 1400. The lowest BCUT2D eigenvalue weighted by Crippen LogP contribution is -2.28. The maximum atomic E-state index is 12.9. The molecule has 0 spiro atoms. The van der Waals surface area contributed by atoms with Crippen LogP contribution in [0.2, 0.25) is 10.0 Å². The van der Waals surface area contributed by atoms with Crippen molar-refractivity contribution in [1.82, 2.24) is 14.8 Å². The molecular weight excluding hydrogens is 585 g/mol. The van der Waals surface area contributed by atoms with E-state index in [4.69, 9.17) is 27.9 Å². The van der Waals surface area contributed by atoms with Crippen molar-refractivity contribution in [2.24, 2.45) is 11.3 Å². The fourth-order valence-electron chi connectivity index (χ4n) is 4.97. The van der Waals surface area contributed by atoms with Crippen LogP contribution in [0.25, 0.3) is 0 Å². The van der Waals surface area contributed by atoms with Crippen molar-refractivity contribution in [3.05, 3.63) is 50.1 Å². The number of fused-ring (bicyclic) bond motifs is 1. The number of carbonyl (C=O) groups is 1. The molecule has 0 saturated heterocycles. The minimum Gasteiger partial charge on any atom is -0.492 e. The second-order valence-electron chi connectivity index (χ2n) is 10.6. The summed E-state index contributed by atoms with van der Waals surface area (Å²) in [5, 5.41) is 24.0. The number of nitriles is 1. The fourth-order valence-corrected chi connectivity index (χ4v) is 7.55. The Morgan fingerprint density at radius 1 is 1.32 bits per heavy atom. The molecule has 1 aliphatic rings. The summed E-state index contributed by atoms with van der Waals surface area (Å²) in [6.45, 7) is 10.1. The van der Waals surface area contributed by atoms with Crippen molar-refractivity contribution in [2.45, 2.75) is 77.9 Å². The molecule has 214 valence electrons. The molecule has 40 heavy (non-hydrogen) atoms. The van der Waals surface area contributed by atoms with Crippen LogP contribution in [0.3, 0.4) is 0 Å². The van der Waals surface area contributed by atoms with Crippen LogP contribution in [0.15, 0.2) is 23.4 Å². The summed E-state index contributed by atoms with van der Waals surface area (Å²) in [4.78, 5) is 14.2. The highest BCUT2D eigenvalue weighted by Crippen LogP contribution is 2.45. The number of ether oxygens (including phenoxy) is 1. The normalized spacial score (nSPS) is 15.0. The second kappa shape index (κ2) is 13.6. The first-order chi connectivity index (χ1) is 19.2. The van der Waals surface area contributed by atoms with Gasteiger partial charge in [-0.3, -0.25) is 4.79 Å². The van der Waals surface area contributed by atoms with E-state index in [9.17, 15) is 10.1 Å². The Morgan fingerprint density at radius 2 is 2.12 bits per heavy atom. The summed E-state index contributed by atoms with van der Waals surface area (Å²) in [5.41, 5.74) is 2.02. The molecule has 7 nitrogen and oxygen atoms in total. The van der Waals surface area contributed by atoms with Gasteiger partial charge < -0.3 is 14.6 Å². The third-order valence-corrected chi connectivity index (χ3v) is 10.5. The van der Waals surface area contributed by atoms with Gasteiger partial charge in [-0.1, -0.05) is 62.2 Å². The van der Waals surface area contributed by atoms with E-state index in [0.717, 1.165) is 43.5 Å². The highest BCUT2D eigenvalue weighted by Gasteiger charge is 2.34. The van der Waals surface area contributed by atoms with Crippen molar-refractivity contribution in [3.63, 3.8) is 0 Å². The number of nitrogens with zero attached hydrogens (tertiary/aromatic N) is 4. The Balaban J connectivity index is 1.31. The molecule has 11 heteroatoms. The predicted octanol–water partition coefficient (Wildman–Crippen LogP) is 7.82. The first-order valence-corrected chi connectivity index (χ1v) is 16.2. The first-order valence-electron chi connectivity index (χ1n) is 13.6. The zero-order valence-corrected chi connectivity index (χ0v) is 26.5. The predicted molar refractivity (Wildman–Crippen MR) is 164 cm³/mol. The maximum Gasteiger partial charge on any atom is 0.235 e. The highest BCUT2D eigenvalue weighted by molar-refractivity contribution is 7.99. The number of hydrogen-bond acceptors (Lipinski definition) is 7. The van der Waals surface area contributed by atoms with E-state index in [1.165, 1.54) is 16.6 Å². The van der Waals surface area contributed by atoms with Crippen LogP contribution in [0.5, 0.6) is 5.75 Å². The zero-order chi connectivity index (χ0) is 28.9. The summed E-state index contributed by atoms with van der Waals surface area (Å²) >= 11 is 15.0. The number of halogens is 2. The first kappa shape index (κ1) is 30.7. The molecule has 0 radical (unpaired) electrons. The number of hydrogen-bond donors (Lipinski definition) is 1. The third-order valence-electron chi connectivity index (χ3n) is 7.78. The van der Waals surface area contributed by atoms with E-state index in [-0.39, 0.29) is 17.1 Å². The summed E-state index contributed by atoms with van der Waals surface area (Å²) in [5.74, 6) is 2.08. The molecule has 4 rings (SSSR count). The van der Waals surface area contributed by atoms with Crippen LogP contribution in [-0.4, -0.2) is 33.0 Å². The molecule has 0 aliphatic heterocycles. The third kappa shape index (κ3) is 7.14. The van der Waals surface area contributed by atoms with Crippen molar-refractivity contribution < 1.29 is 9.53 Å². The average molecular weight is 621 g/mol. The van der Waals surface area contributed by atoms with Gasteiger partial charge in [-0.2, -0.15) is 5.26 Å². The lowest BCUT2D eigenvalue weighted by molar-refractivity contribution is -0.113. The molecule has 1 amide bonds. The van der Waals surface area contributed by atoms with Gasteiger partial charge in [0.05, 0.1) is 22.9 Å². The van der Waals surface area contributed by atoms with Gasteiger partial charge in [0.2, 0.25) is 5.91 Å². The molecule has 2 heterocycles. The van der Waals surface area contributed by atoms with E-state index >= 15 is 0 Å². The van der Waals surface area contributed by atoms with Gasteiger partial charge in [0, 0.05) is 22.9 Å². The zero-order valence-electron chi connectivity index (χ0n) is 23.4. The smallest absolute Gasteiger partial charge is 0.235 e. The van der Waals surface area contributed by atoms with Gasteiger partial charge in [-0.05, 0) is 67.7 Å². The number of thioether (sulfide) groups is 1. The number of carbonyl (C=O) groups excluding carboxylic acids is 1. The van der Waals surface area contributed by atoms with Crippen LogP contribution in [-0.2, 0) is 30.6 Å². The van der Waals surface area contributed by atoms with Gasteiger partial charge in [0.1, 0.15) is 22.6 Å². The van der Waals surface area contributed by atoms with Gasteiger partial charge in [-0.15, -0.1) is 21.5 Å². The molecule has 3 aromatic rings.